The highest BCUT2D eigenvalue weighted by atomic mass is 79.9. The van der Waals surface area contributed by atoms with Gasteiger partial charge in [0, 0.05) is 6.20 Å². The van der Waals surface area contributed by atoms with Crippen molar-refractivity contribution < 1.29 is 5.11 Å². The molecule has 0 saturated heterocycles. The van der Waals surface area contributed by atoms with Crippen LogP contribution in [0.1, 0.15) is 12.5 Å². The molecule has 0 fully saturated rings. The molecule has 0 aliphatic rings. The fourth-order valence-electron chi connectivity index (χ4n) is 0.849. The van der Waals surface area contributed by atoms with Crippen LogP contribution in [0, 0.1) is 0 Å². The summed E-state index contributed by atoms with van der Waals surface area (Å²) in [6.45, 7) is 1.69. The van der Waals surface area contributed by atoms with Gasteiger partial charge < -0.3 is 10.8 Å². The normalized spacial score (nSPS) is 15.7. The van der Waals surface area contributed by atoms with Crippen LogP contribution in [0.3, 0.4) is 0 Å². The van der Waals surface area contributed by atoms with E-state index in [0.29, 0.717) is 0 Å². The molecule has 3 nitrogen and oxygen atoms in total. The molecule has 1 atom stereocenters. The van der Waals surface area contributed by atoms with Gasteiger partial charge in [0.2, 0.25) is 0 Å². The van der Waals surface area contributed by atoms with Crippen molar-refractivity contribution in [2.45, 2.75) is 12.5 Å². The number of hydrogen-bond donors (Lipinski definition) is 2. The summed E-state index contributed by atoms with van der Waals surface area (Å²) in [6, 6.07) is 3.59. The van der Waals surface area contributed by atoms with E-state index in [-0.39, 0.29) is 6.61 Å². The molecule has 0 saturated carbocycles. The third-order valence-electron chi connectivity index (χ3n) is 1.71. The Hall–Kier alpha value is -0.450. The second-order valence-corrected chi connectivity index (χ2v) is 3.76. The van der Waals surface area contributed by atoms with Gasteiger partial charge in [0.1, 0.15) is 4.60 Å². The monoisotopic (exact) mass is 230 g/mol. The Kier molecular flexibility index (Phi) is 2.82. The molecule has 1 heterocycles. The number of aliphatic hydroxyl groups excluding tert-OH is 1. The van der Waals surface area contributed by atoms with Crippen molar-refractivity contribution in [2.24, 2.45) is 5.73 Å². The number of halogens is 1. The summed E-state index contributed by atoms with van der Waals surface area (Å²) in [5, 5.41) is 8.98. The van der Waals surface area contributed by atoms with E-state index < -0.39 is 5.54 Å². The predicted octanol–water partition coefficient (Wildman–Crippen LogP) is 1.01. The van der Waals surface area contributed by atoms with Gasteiger partial charge >= 0.3 is 0 Å². The van der Waals surface area contributed by atoms with Gasteiger partial charge in [0.25, 0.3) is 0 Å². The quantitative estimate of drug-likeness (QED) is 0.747. The summed E-state index contributed by atoms with van der Waals surface area (Å²) >= 11 is 3.24. The lowest BCUT2D eigenvalue weighted by Crippen LogP contribution is -2.36. The minimum absolute atomic E-state index is 0.0799. The number of hydrogen-bond acceptors (Lipinski definition) is 3. The van der Waals surface area contributed by atoms with Gasteiger partial charge in [-0.1, -0.05) is 0 Å². The van der Waals surface area contributed by atoms with E-state index in [1.807, 2.05) is 0 Å². The summed E-state index contributed by atoms with van der Waals surface area (Å²) < 4.78 is 0.727. The average molecular weight is 231 g/mol. The number of rotatable bonds is 2. The zero-order valence-electron chi connectivity index (χ0n) is 6.79. The van der Waals surface area contributed by atoms with Gasteiger partial charge in [-0.15, -0.1) is 0 Å². The number of aromatic nitrogens is 1. The van der Waals surface area contributed by atoms with E-state index in [1.165, 1.54) is 0 Å². The first-order chi connectivity index (χ1) is 5.56. The van der Waals surface area contributed by atoms with Gasteiger partial charge in [0.15, 0.2) is 0 Å². The molecule has 0 aromatic carbocycles. The van der Waals surface area contributed by atoms with Crippen LogP contribution in [0.15, 0.2) is 22.9 Å². The summed E-state index contributed by atoms with van der Waals surface area (Å²) in [5.74, 6) is 0. The minimum Gasteiger partial charge on any atom is -0.394 e. The van der Waals surface area contributed by atoms with Crippen molar-refractivity contribution in [3.8, 4) is 0 Å². The largest absolute Gasteiger partial charge is 0.394 e. The molecule has 0 bridgehead atoms. The topological polar surface area (TPSA) is 59.1 Å². The maximum Gasteiger partial charge on any atom is 0.106 e. The number of aliphatic hydroxyl groups is 1. The van der Waals surface area contributed by atoms with E-state index in [9.17, 15) is 0 Å². The minimum atomic E-state index is -0.689. The second-order valence-electron chi connectivity index (χ2n) is 2.94. The Bertz CT molecular complexity index is 276. The van der Waals surface area contributed by atoms with Crippen molar-refractivity contribution in [1.82, 2.24) is 4.98 Å². The van der Waals surface area contributed by atoms with Crippen LogP contribution < -0.4 is 5.73 Å². The molecule has 0 aliphatic heterocycles. The van der Waals surface area contributed by atoms with Crippen molar-refractivity contribution in [2.75, 3.05) is 6.61 Å². The Balaban J connectivity index is 3.03. The van der Waals surface area contributed by atoms with Crippen molar-refractivity contribution >= 4 is 15.9 Å². The number of nitrogens with zero attached hydrogens (tertiary/aromatic N) is 1. The SMILES string of the molecule is C[C@](N)(CO)c1ccnc(Br)c1. The lowest BCUT2D eigenvalue weighted by Gasteiger charge is -2.21. The summed E-state index contributed by atoms with van der Waals surface area (Å²) in [6.07, 6.45) is 1.65. The molecule has 1 rings (SSSR count). The summed E-state index contributed by atoms with van der Waals surface area (Å²) in [7, 11) is 0. The number of nitrogens with two attached hydrogens (primary N) is 1. The lowest BCUT2D eigenvalue weighted by molar-refractivity contribution is 0.210. The van der Waals surface area contributed by atoms with Gasteiger partial charge in [-0.25, -0.2) is 4.98 Å². The van der Waals surface area contributed by atoms with Crippen LogP contribution >= 0.6 is 15.9 Å². The van der Waals surface area contributed by atoms with Crippen molar-refractivity contribution in [3.05, 3.63) is 28.5 Å². The predicted molar refractivity (Wildman–Crippen MR) is 50.6 cm³/mol. The fourth-order valence-corrected chi connectivity index (χ4v) is 1.21. The number of pyridine rings is 1. The van der Waals surface area contributed by atoms with Crippen molar-refractivity contribution in [1.29, 1.82) is 0 Å². The van der Waals surface area contributed by atoms with Gasteiger partial charge in [-0.3, -0.25) is 0 Å². The van der Waals surface area contributed by atoms with Crippen LogP contribution in [0.2, 0.25) is 0 Å². The highest BCUT2D eigenvalue weighted by Crippen LogP contribution is 2.18. The first-order valence-electron chi connectivity index (χ1n) is 3.58. The van der Waals surface area contributed by atoms with Gasteiger partial charge in [-0.2, -0.15) is 0 Å². The zero-order valence-corrected chi connectivity index (χ0v) is 8.37. The molecule has 0 unspecified atom stereocenters. The van der Waals surface area contributed by atoms with E-state index in [1.54, 1.807) is 25.3 Å². The third kappa shape index (κ3) is 2.03. The van der Waals surface area contributed by atoms with E-state index in [2.05, 4.69) is 20.9 Å². The van der Waals surface area contributed by atoms with Crippen LogP contribution in [0.4, 0.5) is 0 Å². The lowest BCUT2D eigenvalue weighted by atomic mass is 9.96. The molecule has 12 heavy (non-hydrogen) atoms. The van der Waals surface area contributed by atoms with E-state index in [4.69, 9.17) is 10.8 Å². The third-order valence-corrected chi connectivity index (χ3v) is 2.15. The Morgan fingerprint density at radius 2 is 2.42 bits per heavy atom. The standard InChI is InChI=1S/C8H11BrN2O/c1-8(10,5-12)6-2-3-11-7(9)4-6/h2-4,12H,5,10H2,1H3/t8-/m0/s1. The molecular weight excluding hydrogens is 220 g/mol. The maximum atomic E-state index is 8.98. The van der Waals surface area contributed by atoms with Crippen molar-refractivity contribution in [3.63, 3.8) is 0 Å². The zero-order chi connectivity index (χ0) is 9.19. The van der Waals surface area contributed by atoms with Crippen LogP contribution in [-0.2, 0) is 5.54 Å². The summed E-state index contributed by atoms with van der Waals surface area (Å²) in [5.41, 5.74) is 5.99. The molecule has 0 spiro atoms. The molecule has 4 heteroatoms. The van der Waals surface area contributed by atoms with E-state index in [0.717, 1.165) is 10.2 Å². The first kappa shape index (κ1) is 9.64. The molecule has 1 aromatic rings. The highest BCUT2D eigenvalue weighted by molar-refractivity contribution is 9.10. The molecule has 1 aromatic heterocycles. The Morgan fingerprint density at radius 3 is 2.92 bits per heavy atom. The second kappa shape index (κ2) is 3.51. The fraction of sp³-hybridized carbons (Fsp3) is 0.375. The van der Waals surface area contributed by atoms with Gasteiger partial charge in [-0.05, 0) is 40.5 Å². The highest BCUT2D eigenvalue weighted by Gasteiger charge is 2.19. The van der Waals surface area contributed by atoms with Gasteiger partial charge in [0.05, 0.1) is 12.1 Å². The first-order valence-corrected chi connectivity index (χ1v) is 4.37. The maximum absolute atomic E-state index is 8.98. The molecule has 3 N–H and O–H groups in total. The average Bonchev–Trinajstić information content (AvgIpc) is 2.05. The molecule has 0 aliphatic carbocycles. The van der Waals surface area contributed by atoms with Crippen LogP contribution in [-0.4, -0.2) is 16.7 Å². The molecule has 66 valence electrons. The Morgan fingerprint density at radius 1 is 1.75 bits per heavy atom. The molecule has 0 amide bonds. The van der Waals surface area contributed by atoms with Crippen LogP contribution in [0.5, 0.6) is 0 Å². The summed E-state index contributed by atoms with van der Waals surface area (Å²) in [4.78, 5) is 3.97. The molecule has 0 radical (unpaired) electrons. The van der Waals surface area contributed by atoms with E-state index >= 15 is 0 Å². The molecular formula is C8H11BrN2O. The van der Waals surface area contributed by atoms with Crippen LogP contribution in [0.25, 0.3) is 0 Å². The Labute approximate surface area is 79.7 Å². The smallest absolute Gasteiger partial charge is 0.106 e.